The van der Waals surface area contributed by atoms with Gasteiger partial charge < -0.3 is 9.84 Å². The fourth-order valence-electron chi connectivity index (χ4n) is 1.20. The van der Waals surface area contributed by atoms with Crippen LogP contribution in [0.3, 0.4) is 0 Å². The topological polar surface area (TPSA) is 66.8 Å². The zero-order chi connectivity index (χ0) is 9.68. The molecule has 0 aromatic heterocycles. The average molecular weight is 187 g/mol. The summed E-state index contributed by atoms with van der Waals surface area (Å²) in [4.78, 5) is 23.0. The van der Waals surface area contributed by atoms with E-state index in [4.69, 9.17) is 9.84 Å². The highest BCUT2D eigenvalue weighted by atomic mass is 16.5. The highest BCUT2D eigenvalue weighted by Crippen LogP contribution is 2.01. The number of esters is 1. The second-order valence-electron chi connectivity index (χ2n) is 2.96. The molecule has 0 atom stereocenters. The van der Waals surface area contributed by atoms with Crippen molar-refractivity contribution >= 4 is 11.9 Å². The van der Waals surface area contributed by atoms with E-state index < -0.39 is 5.97 Å². The minimum absolute atomic E-state index is 0.119. The number of carboxylic acids is 1. The lowest BCUT2D eigenvalue weighted by atomic mass is 10.3. The first-order valence-corrected chi connectivity index (χ1v) is 4.28. The largest absolute Gasteiger partial charge is 0.481 e. The van der Waals surface area contributed by atoms with E-state index in [-0.39, 0.29) is 12.4 Å². The van der Waals surface area contributed by atoms with Crippen LogP contribution in [0.25, 0.3) is 0 Å². The summed E-state index contributed by atoms with van der Waals surface area (Å²) in [6.45, 7) is 2.11. The van der Waals surface area contributed by atoms with Gasteiger partial charge in [0.05, 0.1) is 12.8 Å². The summed E-state index contributed by atoms with van der Waals surface area (Å²) < 4.78 is 4.81. The highest BCUT2D eigenvalue weighted by molar-refractivity contribution is 5.69. The van der Waals surface area contributed by atoms with Crippen molar-refractivity contribution in [1.82, 2.24) is 4.90 Å². The molecule has 13 heavy (non-hydrogen) atoms. The summed E-state index contributed by atoms with van der Waals surface area (Å²) in [7, 11) is 0. The Kier molecular flexibility index (Phi) is 3.70. The molecular formula is C8H13NO4. The fraction of sp³-hybridized carbons (Fsp3) is 0.750. The molecule has 74 valence electrons. The maximum absolute atomic E-state index is 10.8. The summed E-state index contributed by atoms with van der Waals surface area (Å²) in [5, 5.41) is 8.44. The van der Waals surface area contributed by atoms with Gasteiger partial charge in [0.1, 0.15) is 6.61 Å². The Balaban J connectivity index is 2.25. The Morgan fingerprint density at radius 1 is 1.54 bits per heavy atom. The van der Waals surface area contributed by atoms with Gasteiger partial charge in [-0.1, -0.05) is 0 Å². The van der Waals surface area contributed by atoms with Gasteiger partial charge in [0, 0.05) is 19.6 Å². The van der Waals surface area contributed by atoms with Crippen molar-refractivity contribution in [1.29, 1.82) is 0 Å². The van der Waals surface area contributed by atoms with Crippen molar-refractivity contribution in [3.8, 4) is 0 Å². The molecule has 0 amide bonds. The van der Waals surface area contributed by atoms with Gasteiger partial charge in [0.2, 0.25) is 0 Å². The average Bonchev–Trinajstić information content (AvgIpc) is 2.27. The van der Waals surface area contributed by atoms with Crippen molar-refractivity contribution in [3.05, 3.63) is 0 Å². The van der Waals surface area contributed by atoms with Crippen molar-refractivity contribution in [2.45, 2.75) is 12.8 Å². The molecule has 0 bridgehead atoms. The number of carbonyl (C=O) groups excluding carboxylic acids is 1. The van der Waals surface area contributed by atoms with E-state index >= 15 is 0 Å². The van der Waals surface area contributed by atoms with E-state index in [0.717, 1.165) is 0 Å². The van der Waals surface area contributed by atoms with Crippen molar-refractivity contribution in [2.24, 2.45) is 0 Å². The smallest absolute Gasteiger partial charge is 0.307 e. The third kappa shape index (κ3) is 3.89. The van der Waals surface area contributed by atoms with Crippen LogP contribution in [-0.2, 0) is 14.3 Å². The quantitative estimate of drug-likeness (QED) is 0.615. The van der Waals surface area contributed by atoms with Crippen LogP contribution in [0.2, 0.25) is 0 Å². The van der Waals surface area contributed by atoms with Crippen LogP contribution in [0, 0.1) is 0 Å². The lowest BCUT2D eigenvalue weighted by molar-refractivity contribution is -0.142. The van der Waals surface area contributed by atoms with E-state index in [9.17, 15) is 9.59 Å². The standard InChI is InChI=1S/C8H13NO4/c10-7(11)1-3-9-4-2-8(12)13-6-5-9/h1-6H2,(H,10,11). The molecular weight excluding hydrogens is 174 g/mol. The van der Waals surface area contributed by atoms with Crippen LogP contribution in [0.4, 0.5) is 0 Å². The second-order valence-corrected chi connectivity index (χ2v) is 2.96. The molecule has 1 aliphatic heterocycles. The molecule has 1 N–H and O–H groups in total. The second kappa shape index (κ2) is 4.81. The minimum atomic E-state index is -0.809. The minimum Gasteiger partial charge on any atom is -0.481 e. The van der Waals surface area contributed by atoms with Crippen LogP contribution in [-0.4, -0.2) is 48.2 Å². The van der Waals surface area contributed by atoms with Gasteiger partial charge >= 0.3 is 11.9 Å². The van der Waals surface area contributed by atoms with Crippen LogP contribution >= 0.6 is 0 Å². The van der Waals surface area contributed by atoms with Crippen molar-refractivity contribution < 1.29 is 19.4 Å². The maximum Gasteiger partial charge on any atom is 0.307 e. The summed E-state index contributed by atoms with van der Waals surface area (Å²) in [6, 6.07) is 0. The predicted octanol–water partition coefficient (Wildman–Crippen LogP) is -0.290. The van der Waals surface area contributed by atoms with Crippen LogP contribution in [0.15, 0.2) is 0 Å². The number of rotatable bonds is 3. The summed E-state index contributed by atoms with van der Waals surface area (Å²) >= 11 is 0. The molecule has 0 spiro atoms. The molecule has 1 saturated heterocycles. The summed E-state index contributed by atoms with van der Waals surface area (Å²) in [5.74, 6) is -1.01. The summed E-state index contributed by atoms with van der Waals surface area (Å²) in [5.41, 5.74) is 0. The van der Waals surface area contributed by atoms with Crippen LogP contribution < -0.4 is 0 Å². The maximum atomic E-state index is 10.8. The first-order chi connectivity index (χ1) is 6.18. The zero-order valence-corrected chi connectivity index (χ0v) is 7.36. The first-order valence-electron chi connectivity index (χ1n) is 4.28. The van der Waals surface area contributed by atoms with E-state index in [2.05, 4.69) is 0 Å². The predicted molar refractivity (Wildman–Crippen MR) is 44.3 cm³/mol. The monoisotopic (exact) mass is 187 g/mol. The first kappa shape index (κ1) is 9.98. The fourth-order valence-corrected chi connectivity index (χ4v) is 1.20. The molecule has 0 aromatic carbocycles. The van der Waals surface area contributed by atoms with Gasteiger partial charge in [-0.2, -0.15) is 0 Å². The van der Waals surface area contributed by atoms with E-state index in [1.807, 2.05) is 4.90 Å². The Hall–Kier alpha value is -1.10. The van der Waals surface area contributed by atoms with Crippen LogP contribution in [0.1, 0.15) is 12.8 Å². The van der Waals surface area contributed by atoms with Gasteiger partial charge in [0.15, 0.2) is 0 Å². The number of nitrogens with zero attached hydrogens (tertiary/aromatic N) is 1. The number of hydrogen-bond acceptors (Lipinski definition) is 4. The SMILES string of the molecule is O=C(O)CCN1CCOC(=O)CC1. The van der Waals surface area contributed by atoms with Crippen molar-refractivity contribution in [3.63, 3.8) is 0 Å². The number of hydrogen-bond donors (Lipinski definition) is 1. The Labute approximate surface area is 76.3 Å². The van der Waals surface area contributed by atoms with E-state index in [1.54, 1.807) is 0 Å². The van der Waals surface area contributed by atoms with Gasteiger partial charge in [0.25, 0.3) is 0 Å². The van der Waals surface area contributed by atoms with Gasteiger partial charge in [-0.05, 0) is 0 Å². The molecule has 0 radical (unpaired) electrons. The molecule has 1 heterocycles. The summed E-state index contributed by atoms with van der Waals surface area (Å²) in [6.07, 6.45) is 0.480. The third-order valence-corrected chi connectivity index (χ3v) is 1.94. The number of carboxylic acid groups (broad SMARTS) is 1. The Bertz CT molecular complexity index is 204. The molecule has 1 aliphatic rings. The van der Waals surface area contributed by atoms with Crippen molar-refractivity contribution in [2.75, 3.05) is 26.2 Å². The molecule has 0 aromatic rings. The molecule has 1 fully saturated rings. The number of aliphatic carboxylic acids is 1. The third-order valence-electron chi connectivity index (χ3n) is 1.94. The van der Waals surface area contributed by atoms with E-state index in [0.29, 0.717) is 32.7 Å². The molecule has 0 aliphatic carbocycles. The van der Waals surface area contributed by atoms with Gasteiger partial charge in [-0.15, -0.1) is 0 Å². The highest BCUT2D eigenvalue weighted by Gasteiger charge is 2.14. The molecule has 1 rings (SSSR count). The molecule has 0 saturated carbocycles. The molecule has 5 heteroatoms. The Morgan fingerprint density at radius 2 is 2.31 bits per heavy atom. The zero-order valence-electron chi connectivity index (χ0n) is 7.36. The van der Waals surface area contributed by atoms with E-state index in [1.165, 1.54) is 0 Å². The van der Waals surface area contributed by atoms with Gasteiger partial charge in [-0.3, -0.25) is 14.5 Å². The van der Waals surface area contributed by atoms with Crippen LogP contribution in [0.5, 0.6) is 0 Å². The normalized spacial score (nSPS) is 19.2. The number of cyclic esters (lactones) is 1. The lowest BCUT2D eigenvalue weighted by Gasteiger charge is -2.16. The Morgan fingerprint density at radius 3 is 3.00 bits per heavy atom. The molecule has 0 unspecified atom stereocenters. The van der Waals surface area contributed by atoms with Gasteiger partial charge in [-0.25, -0.2) is 0 Å². The number of ether oxygens (including phenoxy) is 1. The number of carbonyl (C=O) groups is 2. The molecule has 5 nitrogen and oxygen atoms in total. The lowest BCUT2D eigenvalue weighted by Crippen LogP contribution is -2.28.